The molecule has 3 rings (SSSR count). The molecule has 9 heteroatoms. The fourth-order valence-electron chi connectivity index (χ4n) is 2.63. The van der Waals surface area contributed by atoms with Crippen molar-refractivity contribution in [1.82, 2.24) is 4.98 Å². The second-order valence-corrected chi connectivity index (χ2v) is 7.33. The Kier molecular flexibility index (Phi) is 4.27. The van der Waals surface area contributed by atoms with Crippen LogP contribution >= 0.6 is 0 Å². The molecule has 0 fully saturated rings. The van der Waals surface area contributed by atoms with Crippen molar-refractivity contribution in [2.45, 2.75) is 18.0 Å². The van der Waals surface area contributed by atoms with E-state index in [9.17, 15) is 26.4 Å². The van der Waals surface area contributed by atoms with Gasteiger partial charge in [-0.3, -0.25) is 9.52 Å². The summed E-state index contributed by atoms with van der Waals surface area (Å²) >= 11 is 0. The zero-order valence-electron chi connectivity index (χ0n) is 13.4. The van der Waals surface area contributed by atoms with Crippen molar-refractivity contribution >= 4 is 26.6 Å². The molecule has 0 unspecified atom stereocenters. The molecule has 1 heterocycles. The number of aromatic nitrogens is 1. The van der Waals surface area contributed by atoms with Crippen LogP contribution in [-0.4, -0.2) is 13.4 Å². The lowest BCUT2D eigenvalue weighted by Crippen LogP contribution is -2.17. The summed E-state index contributed by atoms with van der Waals surface area (Å²) in [6.07, 6.45) is -4.80. The number of fused-ring (bicyclic) bond motifs is 1. The fraction of sp³-hybridized carbons (Fsp3) is 0.118. The zero-order chi connectivity index (χ0) is 19.1. The first-order chi connectivity index (χ1) is 12.1. The molecule has 0 amide bonds. The summed E-state index contributed by atoms with van der Waals surface area (Å²) in [5, 5.41) is -0.392. The van der Waals surface area contributed by atoms with Crippen LogP contribution < -0.4 is 10.3 Å². The maximum absolute atomic E-state index is 13.3. The second kappa shape index (κ2) is 6.17. The molecule has 0 aliphatic rings. The minimum atomic E-state index is -4.80. The molecule has 1 aromatic heterocycles. The fourth-order valence-corrected chi connectivity index (χ4v) is 3.94. The molecule has 5 nitrogen and oxygen atoms in total. The number of hydrogen-bond donors (Lipinski definition) is 2. The van der Waals surface area contributed by atoms with Crippen molar-refractivity contribution in [1.29, 1.82) is 0 Å². The molecule has 136 valence electrons. The van der Waals surface area contributed by atoms with Crippen LogP contribution in [0.4, 0.5) is 18.9 Å². The molecule has 3 aromatic rings. The molecule has 0 aliphatic heterocycles. The molecule has 0 spiro atoms. The van der Waals surface area contributed by atoms with E-state index in [0.29, 0.717) is 6.07 Å². The predicted molar refractivity (Wildman–Crippen MR) is 91.6 cm³/mol. The van der Waals surface area contributed by atoms with E-state index in [1.165, 1.54) is 25.1 Å². The Morgan fingerprint density at radius 3 is 2.31 bits per heavy atom. The molecule has 2 N–H and O–H groups in total. The summed E-state index contributed by atoms with van der Waals surface area (Å²) in [7, 11) is -4.12. The SMILES string of the molecule is Cc1cc2[nH]c(=O)cc(C(F)(F)F)c2cc1S(=O)(=O)Nc1ccccc1. The average molecular weight is 382 g/mol. The van der Waals surface area contributed by atoms with Crippen molar-refractivity contribution in [2.24, 2.45) is 0 Å². The number of halogens is 3. The Morgan fingerprint density at radius 2 is 1.69 bits per heavy atom. The zero-order valence-corrected chi connectivity index (χ0v) is 14.2. The molecular formula is C17H13F3N2O3S. The number of nitrogens with one attached hydrogen (secondary N) is 2. The van der Waals surface area contributed by atoms with E-state index in [4.69, 9.17) is 0 Å². The van der Waals surface area contributed by atoms with Gasteiger partial charge in [-0.25, -0.2) is 8.42 Å². The highest BCUT2D eigenvalue weighted by Crippen LogP contribution is 2.35. The predicted octanol–water partition coefficient (Wildman–Crippen LogP) is 3.66. The van der Waals surface area contributed by atoms with Crippen molar-refractivity contribution < 1.29 is 21.6 Å². The number of alkyl halides is 3. The van der Waals surface area contributed by atoms with Crippen LogP contribution in [0.3, 0.4) is 0 Å². The molecule has 0 atom stereocenters. The van der Waals surface area contributed by atoms with Crippen LogP contribution in [-0.2, 0) is 16.2 Å². The Hall–Kier alpha value is -2.81. The molecule has 0 bridgehead atoms. The highest BCUT2D eigenvalue weighted by Gasteiger charge is 2.34. The Morgan fingerprint density at radius 1 is 1.04 bits per heavy atom. The van der Waals surface area contributed by atoms with E-state index < -0.39 is 32.7 Å². The average Bonchev–Trinajstić information content (AvgIpc) is 2.52. The summed E-state index contributed by atoms with van der Waals surface area (Å²) in [6.45, 7) is 1.44. The standard InChI is InChI=1S/C17H13F3N2O3S/c1-10-7-14-12(13(17(18,19)20)9-16(23)21-14)8-15(10)26(24,25)22-11-5-3-2-4-6-11/h2-9,22H,1H3,(H,21,23). The number of sulfonamides is 1. The van der Waals surface area contributed by atoms with Crippen LogP contribution in [0.25, 0.3) is 10.9 Å². The Bertz CT molecular complexity index is 1140. The van der Waals surface area contributed by atoms with E-state index in [1.807, 2.05) is 0 Å². The number of benzene rings is 2. The van der Waals surface area contributed by atoms with Crippen LogP contribution in [0.15, 0.2) is 58.2 Å². The highest BCUT2D eigenvalue weighted by molar-refractivity contribution is 7.92. The van der Waals surface area contributed by atoms with Gasteiger partial charge >= 0.3 is 6.18 Å². The van der Waals surface area contributed by atoms with E-state index in [2.05, 4.69) is 9.71 Å². The topological polar surface area (TPSA) is 79.0 Å². The lowest BCUT2D eigenvalue weighted by Gasteiger charge is -2.14. The highest BCUT2D eigenvalue weighted by atomic mass is 32.2. The summed E-state index contributed by atoms with van der Waals surface area (Å²) in [5.74, 6) is 0. The van der Waals surface area contributed by atoms with Gasteiger partial charge < -0.3 is 4.98 Å². The van der Waals surface area contributed by atoms with Gasteiger partial charge in [0.05, 0.1) is 10.5 Å². The van der Waals surface area contributed by atoms with Crippen molar-refractivity contribution in [2.75, 3.05) is 4.72 Å². The molecular weight excluding hydrogens is 369 g/mol. The Labute approximate surface area is 146 Å². The van der Waals surface area contributed by atoms with Gasteiger partial charge in [-0.2, -0.15) is 13.2 Å². The van der Waals surface area contributed by atoms with Crippen molar-refractivity contribution in [3.8, 4) is 0 Å². The first-order valence-corrected chi connectivity index (χ1v) is 8.89. The van der Waals surface area contributed by atoms with E-state index >= 15 is 0 Å². The molecule has 0 radical (unpaired) electrons. The van der Waals surface area contributed by atoms with Crippen molar-refractivity contribution in [3.63, 3.8) is 0 Å². The lowest BCUT2D eigenvalue weighted by molar-refractivity contribution is -0.136. The van der Waals surface area contributed by atoms with Gasteiger partial charge in [-0.05, 0) is 36.8 Å². The maximum atomic E-state index is 13.3. The van der Waals surface area contributed by atoms with Crippen LogP contribution in [0.2, 0.25) is 0 Å². The molecule has 0 aliphatic carbocycles. The summed E-state index contributed by atoms with van der Waals surface area (Å²) in [5.41, 5.74) is -1.70. The summed E-state index contributed by atoms with van der Waals surface area (Å²) in [6, 6.07) is 10.5. The van der Waals surface area contributed by atoms with Gasteiger partial charge in [0.2, 0.25) is 5.56 Å². The van der Waals surface area contributed by atoms with Crippen LogP contribution in [0.1, 0.15) is 11.1 Å². The smallest absolute Gasteiger partial charge is 0.322 e. The normalized spacial score (nSPS) is 12.3. The number of hydrogen-bond acceptors (Lipinski definition) is 3. The van der Waals surface area contributed by atoms with Gasteiger partial charge in [0.15, 0.2) is 0 Å². The summed E-state index contributed by atoms with van der Waals surface area (Å²) in [4.78, 5) is 13.5. The third-order valence-electron chi connectivity index (χ3n) is 3.76. The van der Waals surface area contributed by atoms with Gasteiger partial charge in [0.25, 0.3) is 10.0 Å². The number of pyridine rings is 1. The Balaban J connectivity index is 2.22. The summed E-state index contributed by atoms with van der Waals surface area (Å²) < 4.78 is 67.4. The van der Waals surface area contributed by atoms with E-state index in [1.54, 1.807) is 18.2 Å². The van der Waals surface area contributed by atoms with Crippen molar-refractivity contribution in [3.05, 3.63) is 70.0 Å². The number of aryl methyl sites for hydroxylation is 1. The van der Waals surface area contributed by atoms with Gasteiger partial charge in [-0.1, -0.05) is 18.2 Å². The lowest BCUT2D eigenvalue weighted by atomic mass is 10.1. The van der Waals surface area contributed by atoms with Crippen LogP contribution in [0, 0.1) is 6.92 Å². The minimum absolute atomic E-state index is 0.0824. The second-order valence-electron chi connectivity index (χ2n) is 5.68. The molecule has 0 saturated carbocycles. The monoisotopic (exact) mass is 382 g/mol. The number of H-pyrrole nitrogens is 1. The van der Waals surface area contributed by atoms with Crippen LogP contribution in [0.5, 0.6) is 0 Å². The largest absolute Gasteiger partial charge is 0.417 e. The van der Waals surface area contributed by atoms with Gasteiger partial charge in [0, 0.05) is 22.7 Å². The first kappa shape index (κ1) is 18.0. The number of para-hydroxylation sites is 1. The molecule has 2 aromatic carbocycles. The molecule has 0 saturated heterocycles. The van der Waals surface area contributed by atoms with E-state index in [-0.39, 0.29) is 21.7 Å². The maximum Gasteiger partial charge on any atom is 0.417 e. The van der Waals surface area contributed by atoms with Gasteiger partial charge in [0.1, 0.15) is 0 Å². The first-order valence-electron chi connectivity index (χ1n) is 7.41. The molecule has 26 heavy (non-hydrogen) atoms. The quantitative estimate of drug-likeness (QED) is 0.726. The minimum Gasteiger partial charge on any atom is -0.322 e. The third-order valence-corrected chi connectivity index (χ3v) is 5.28. The number of rotatable bonds is 3. The number of anilines is 1. The number of aromatic amines is 1. The van der Waals surface area contributed by atoms with E-state index in [0.717, 1.165) is 6.07 Å². The third kappa shape index (κ3) is 3.43. The van der Waals surface area contributed by atoms with Gasteiger partial charge in [-0.15, -0.1) is 0 Å².